The first-order valence-electron chi connectivity index (χ1n) is 4.53. The van der Waals surface area contributed by atoms with E-state index in [0.717, 1.165) is 0 Å². The molecule has 0 bridgehead atoms. The molecule has 4 nitrogen and oxygen atoms in total. The van der Waals surface area contributed by atoms with Crippen molar-refractivity contribution in [2.24, 2.45) is 20.8 Å². The van der Waals surface area contributed by atoms with Crippen molar-refractivity contribution < 1.29 is 9.59 Å². The van der Waals surface area contributed by atoms with E-state index in [1.54, 1.807) is 12.2 Å². The highest BCUT2D eigenvalue weighted by Crippen LogP contribution is 2.57. The number of aliphatic imine (C=N–C) groups is 2. The first kappa shape index (κ1) is 10.8. The first-order valence-corrected chi connectivity index (χ1v) is 4.53. The third-order valence-corrected chi connectivity index (χ3v) is 3.18. The highest BCUT2D eigenvalue weighted by molar-refractivity contribution is 5.39. The fourth-order valence-corrected chi connectivity index (χ4v) is 2.89. The third-order valence-electron chi connectivity index (χ3n) is 3.18. The van der Waals surface area contributed by atoms with Gasteiger partial charge < -0.3 is 0 Å². The number of carbonyl (C=O) groups excluding carboxylic acids is 2. The molecule has 0 unspecified atom stereocenters. The monoisotopic (exact) mass is 194 g/mol. The Balaban J connectivity index is 3.06. The van der Waals surface area contributed by atoms with E-state index in [9.17, 15) is 9.59 Å². The van der Waals surface area contributed by atoms with Gasteiger partial charge in [0.2, 0.25) is 12.2 Å². The highest BCUT2D eigenvalue weighted by atomic mass is 16.1. The van der Waals surface area contributed by atoms with Crippen LogP contribution >= 0.6 is 0 Å². The van der Waals surface area contributed by atoms with Crippen LogP contribution in [-0.2, 0) is 9.59 Å². The molecule has 14 heavy (non-hydrogen) atoms. The van der Waals surface area contributed by atoms with Gasteiger partial charge in [-0.1, -0.05) is 27.7 Å². The summed E-state index contributed by atoms with van der Waals surface area (Å²) in [6.45, 7) is 7.76. The van der Waals surface area contributed by atoms with Crippen LogP contribution in [0.4, 0.5) is 0 Å². The molecular formula is C10H14N2O2. The second kappa shape index (κ2) is 3.16. The van der Waals surface area contributed by atoms with Crippen LogP contribution in [-0.4, -0.2) is 24.2 Å². The molecule has 1 rings (SSSR count). The SMILES string of the molecule is CC1(C)C(N=C=O)C(C)(C)C1N=C=O. The van der Waals surface area contributed by atoms with E-state index in [1.165, 1.54) is 0 Å². The summed E-state index contributed by atoms with van der Waals surface area (Å²) in [5.41, 5.74) is -0.531. The Bertz CT molecular complexity index is 288. The summed E-state index contributed by atoms with van der Waals surface area (Å²) >= 11 is 0. The average Bonchev–Trinajstić information content (AvgIpc) is 2.09. The number of rotatable bonds is 2. The van der Waals surface area contributed by atoms with Crippen LogP contribution in [0.1, 0.15) is 27.7 Å². The Morgan fingerprint density at radius 2 is 1.14 bits per heavy atom. The number of hydrogen-bond acceptors (Lipinski definition) is 4. The summed E-state index contributed by atoms with van der Waals surface area (Å²) in [7, 11) is 0. The standard InChI is InChI=1S/C10H14N2O2/c1-9(2)7(11-5-13)10(3,4)8(9)12-6-14/h7-8H,1-4H3. The third kappa shape index (κ3) is 1.24. The van der Waals surface area contributed by atoms with Crippen LogP contribution in [0.2, 0.25) is 0 Å². The van der Waals surface area contributed by atoms with Crippen molar-refractivity contribution in [1.29, 1.82) is 0 Å². The minimum atomic E-state index is -0.266. The smallest absolute Gasteiger partial charge is 0.211 e. The zero-order valence-corrected chi connectivity index (χ0v) is 8.87. The molecule has 4 heteroatoms. The van der Waals surface area contributed by atoms with Gasteiger partial charge in [-0.3, -0.25) is 0 Å². The Morgan fingerprint density at radius 3 is 1.36 bits per heavy atom. The lowest BCUT2D eigenvalue weighted by molar-refractivity contribution is -0.0468. The molecule has 0 saturated heterocycles. The van der Waals surface area contributed by atoms with Crippen LogP contribution in [0.5, 0.6) is 0 Å². The quantitative estimate of drug-likeness (QED) is 0.493. The predicted octanol–water partition coefficient (Wildman–Crippen LogP) is 1.46. The van der Waals surface area contributed by atoms with Gasteiger partial charge in [-0.25, -0.2) is 19.6 Å². The number of nitrogens with zero attached hydrogens (tertiary/aromatic N) is 2. The maximum Gasteiger partial charge on any atom is 0.235 e. The van der Waals surface area contributed by atoms with Crippen LogP contribution in [0.3, 0.4) is 0 Å². The molecule has 76 valence electrons. The van der Waals surface area contributed by atoms with Gasteiger partial charge in [0.15, 0.2) is 0 Å². The molecule has 0 atom stereocenters. The largest absolute Gasteiger partial charge is 0.235 e. The van der Waals surface area contributed by atoms with Crippen molar-refractivity contribution in [2.75, 3.05) is 0 Å². The van der Waals surface area contributed by atoms with Crippen molar-refractivity contribution in [1.82, 2.24) is 0 Å². The molecule has 0 aromatic carbocycles. The molecule has 0 spiro atoms. The van der Waals surface area contributed by atoms with Gasteiger partial charge in [0.05, 0.1) is 12.1 Å². The van der Waals surface area contributed by atoms with Crippen LogP contribution in [0.25, 0.3) is 0 Å². The lowest BCUT2D eigenvalue weighted by Crippen LogP contribution is -2.65. The molecule has 0 amide bonds. The van der Waals surface area contributed by atoms with E-state index < -0.39 is 0 Å². The van der Waals surface area contributed by atoms with E-state index in [1.807, 2.05) is 27.7 Å². The molecule has 0 aliphatic heterocycles. The molecular weight excluding hydrogens is 180 g/mol. The van der Waals surface area contributed by atoms with Crippen molar-refractivity contribution in [3.8, 4) is 0 Å². The lowest BCUT2D eigenvalue weighted by Gasteiger charge is -2.59. The maximum atomic E-state index is 10.2. The van der Waals surface area contributed by atoms with E-state index in [-0.39, 0.29) is 22.9 Å². The summed E-state index contributed by atoms with van der Waals surface area (Å²) < 4.78 is 0. The molecule has 0 N–H and O–H groups in total. The van der Waals surface area contributed by atoms with Gasteiger partial charge in [0.25, 0.3) is 0 Å². The van der Waals surface area contributed by atoms with E-state index in [4.69, 9.17) is 0 Å². The minimum Gasteiger partial charge on any atom is -0.211 e. The van der Waals surface area contributed by atoms with Crippen LogP contribution in [0.15, 0.2) is 9.98 Å². The Morgan fingerprint density at radius 1 is 0.857 bits per heavy atom. The summed E-state index contributed by atoms with van der Waals surface area (Å²) in [6.07, 6.45) is 3.16. The molecule has 0 radical (unpaired) electrons. The Labute approximate surface area is 83.1 Å². The number of hydrogen-bond donors (Lipinski definition) is 0. The fraction of sp³-hybridized carbons (Fsp3) is 0.800. The van der Waals surface area contributed by atoms with Gasteiger partial charge in [-0.05, 0) is 0 Å². The molecule has 1 saturated carbocycles. The second-order valence-corrected chi connectivity index (χ2v) is 4.89. The molecule has 0 heterocycles. The van der Waals surface area contributed by atoms with Crippen molar-refractivity contribution in [3.63, 3.8) is 0 Å². The Kier molecular flexibility index (Phi) is 2.45. The van der Waals surface area contributed by atoms with E-state index in [2.05, 4.69) is 9.98 Å². The van der Waals surface area contributed by atoms with E-state index in [0.29, 0.717) is 0 Å². The van der Waals surface area contributed by atoms with E-state index >= 15 is 0 Å². The Hall–Kier alpha value is -1.24. The second-order valence-electron chi connectivity index (χ2n) is 4.89. The summed E-state index contributed by atoms with van der Waals surface area (Å²) in [6, 6.07) is -0.260. The topological polar surface area (TPSA) is 58.9 Å². The number of isocyanates is 2. The average molecular weight is 194 g/mol. The lowest BCUT2D eigenvalue weighted by atomic mass is 9.48. The van der Waals surface area contributed by atoms with Crippen molar-refractivity contribution >= 4 is 12.2 Å². The van der Waals surface area contributed by atoms with Gasteiger partial charge >= 0.3 is 0 Å². The van der Waals surface area contributed by atoms with Gasteiger partial charge in [-0.2, -0.15) is 0 Å². The normalized spacial score (nSPS) is 32.0. The fourth-order valence-electron chi connectivity index (χ4n) is 2.89. The highest BCUT2D eigenvalue weighted by Gasteiger charge is 2.62. The molecule has 1 aliphatic rings. The van der Waals surface area contributed by atoms with Gasteiger partial charge in [0, 0.05) is 10.8 Å². The summed E-state index contributed by atoms with van der Waals surface area (Å²) in [4.78, 5) is 28.0. The maximum absolute atomic E-state index is 10.2. The molecule has 1 aliphatic carbocycles. The first-order chi connectivity index (χ1) is 6.39. The predicted molar refractivity (Wildman–Crippen MR) is 51.4 cm³/mol. The zero-order chi connectivity index (χ0) is 11.0. The molecule has 0 aromatic rings. The molecule has 0 aromatic heterocycles. The molecule has 1 fully saturated rings. The van der Waals surface area contributed by atoms with Crippen LogP contribution in [0, 0.1) is 10.8 Å². The zero-order valence-electron chi connectivity index (χ0n) is 8.87. The van der Waals surface area contributed by atoms with Gasteiger partial charge in [0.1, 0.15) is 0 Å². The van der Waals surface area contributed by atoms with Crippen LogP contribution < -0.4 is 0 Å². The summed E-state index contributed by atoms with van der Waals surface area (Å²) in [5, 5.41) is 0. The van der Waals surface area contributed by atoms with Gasteiger partial charge in [-0.15, -0.1) is 0 Å². The minimum absolute atomic E-state index is 0.130. The van der Waals surface area contributed by atoms with Crippen molar-refractivity contribution in [3.05, 3.63) is 0 Å². The summed E-state index contributed by atoms with van der Waals surface area (Å²) in [5.74, 6) is 0. The van der Waals surface area contributed by atoms with Crippen molar-refractivity contribution in [2.45, 2.75) is 39.8 Å².